The maximum absolute atomic E-state index is 12.1. The molecular formula is C15H11ClN4O2. The number of H-pyrrole nitrogens is 1. The Kier molecular flexibility index (Phi) is 3.04. The van der Waals surface area contributed by atoms with Gasteiger partial charge in [0.2, 0.25) is 5.89 Å². The summed E-state index contributed by atoms with van der Waals surface area (Å²) in [7, 11) is 0. The number of carbonyl (C=O) groups is 1. The number of carbonyl (C=O) groups excluding carboxylic acids is 1. The summed E-state index contributed by atoms with van der Waals surface area (Å²) in [5.41, 5.74) is 2.57. The number of aromatic nitrogens is 4. The van der Waals surface area contributed by atoms with Gasteiger partial charge in [-0.25, -0.2) is 0 Å². The third-order valence-corrected chi connectivity index (χ3v) is 3.88. The van der Waals surface area contributed by atoms with E-state index in [2.05, 4.69) is 20.4 Å². The quantitative estimate of drug-likeness (QED) is 0.784. The SMILES string of the molecule is O=C1CCCc2[nH]nc(-c3nnc(-c4cccc(Cl)c4)o3)c21. The number of aromatic amines is 1. The molecule has 110 valence electrons. The smallest absolute Gasteiger partial charge is 0.269 e. The van der Waals surface area contributed by atoms with Gasteiger partial charge in [-0.15, -0.1) is 10.2 Å². The van der Waals surface area contributed by atoms with Crippen molar-refractivity contribution in [1.82, 2.24) is 20.4 Å². The molecule has 7 heteroatoms. The van der Waals surface area contributed by atoms with Crippen molar-refractivity contribution in [3.8, 4) is 23.0 Å². The van der Waals surface area contributed by atoms with E-state index in [4.69, 9.17) is 16.0 Å². The first-order valence-electron chi connectivity index (χ1n) is 6.92. The van der Waals surface area contributed by atoms with Gasteiger partial charge in [0.25, 0.3) is 5.89 Å². The van der Waals surface area contributed by atoms with Crippen molar-refractivity contribution < 1.29 is 9.21 Å². The van der Waals surface area contributed by atoms with Crippen LogP contribution in [0.5, 0.6) is 0 Å². The predicted octanol–water partition coefficient (Wildman–Crippen LogP) is 3.30. The fourth-order valence-corrected chi connectivity index (χ4v) is 2.81. The predicted molar refractivity (Wildman–Crippen MR) is 79.6 cm³/mol. The number of nitrogens with one attached hydrogen (secondary N) is 1. The second-order valence-corrected chi connectivity index (χ2v) is 5.56. The lowest BCUT2D eigenvalue weighted by Crippen LogP contribution is -2.10. The molecule has 1 aliphatic rings. The first kappa shape index (κ1) is 13.2. The molecule has 0 saturated carbocycles. The molecule has 1 aromatic carbocycles. The molecule has 22 heavy (non-hydrogen) atoms. The molecule has 0 aliphatic heterocycles. The maximum atomic E-state index is 12.1. The van der Waals surface area contributed by atoms with Crippen LogP contribution in [0.1, 0.15) is 28.9 Å². The molecule has 2 aromatic heterocycles. The number of halogens is 1. The minimum Gasteiger partial charge on any atom is -0.415 e. The summed E-state index contributed by atoms with van der Waals surface area (Å²) >= 11 is 5.96. The molecule has 4 rings (SSSR count). The van der Waals surface area contributed by atoms with E-state index in [1.54, 1.807) is 12.1 Å². The Morgan fingerprint density at radius 1 is 1.18 bits per heavy atom. The lowest BCUT2D eigenvalue weighted by Gasteiger charge is -2.08. The standard InChI is InChI=1S/C15H11ClN4O2/c16-9-4-1-3-8(7-9)14-19-20-15(22-14)13-12-10(17-18-13)5-2-6-11(12)21/h1,3-4,7H,2,5-6H2,(H,17,18). The van der Waals surface area contributed by atoms with E-state index in [0.29, 0.717) is 28.6 Å². The molecule has 0 atom stereocenters. The van der Waals surface area contributed by atoms with Crippen molar-refractivity contribution in [3.05, 3.63) is 40.5 Å². The number of rotatable bonds is 2. The summed E-state index contributed by atoms with van der Waals surface area (Å²) in [4.78, 5) is 12.1. The van der Waals surface area contributed by atoms with Crippen LogP contribution in [-0.2, 0) is 6.42 Å². The first-order valence-corrected chi connectivity index (χ1v) is 7.30. The van der Waals surface area contributed by atoms with Crippen LogP contribution in [0.15, 0.2) is 28.7 Å². The highest BCUT2D eigenvalue weighted by Crippen LogP contribution is 2.30. The van der Waals surface area contributed by atoms with Crippen LogP contribution in [0.25, 0.3) is 23.0 Å². The fourth-order valence-electron chi connectivity index (χ4n) is 2.62. The minimum atomic E-state index is 0.0625. The average molecular weight is 315 g/mol. The van der Waals surface area contributed by atoms with Crippen LogP contribution in [0.2, 0.25) is 5.02 Å². The summed E-state index contributed by atoms with van der Waals surface area (Å²) in [6.07, 6.45) is 2.17. The van der Waals surface area contributed by atoms with Gasteiger partial charge in [0.15, 0.2) is 11.5 Å². The van der Waals surface area contributed by atoms with Gasteiger partial charge in [0.05, 0.1) is 5.56 Å². The molecule has 0 unspecified atom stereocenters. The summed E-state index contributed by atoms with van der Waals surface area (Å²) < 4.78 is 5.67. The van der Waals surface area contributed by atoms with Gasteiger partial charge >= 0.3 is 0 Å². The Hall–Kier alpha value is -2.47. The van der Waals surface area contributed by atoms with Crippen LogP contribution in [0.3, 0.4) is 0 Å². The number of aryl methyl sites for hydroxylation is 1. The zero-order valence-electron chi connectivity index (χ0n) is 11.5. The molecule has 0 amide bonds. The summed E-state index contributed by atoms with van der Waals surface area (Å²) in [5.74, 6) is 0.646. The van der Waals surface area contributed by atoms with Gasteiger partial charge in [-0.3, -0.25) is 9.89 Å². The van der Waals surface area contributed by atoms with E-state index < -0.39 is 0 Å². The number of nitrogens with zero attached hydrogens (tertiary/aromatic N) is 3. The van der Waals surface area contributed by atoms with Crippen molar-refractivity contribution in [2.75, 3.05) is 0 Å². The molecule has 2 heterocycles. The first-order chi connectivity index (χ1) is 10.7. The highest BCUT2D eigenvalue weighted by atomic mass is 35.5. The molecule has 0 radical (unpaired) electrons. The molecule has 0 saturated heterocycles. The van der Waals surface area contributed by atoms with Crippen molar-refractivity contribution >= 4 is 17.4 Å². The molecule has 6 nitrogen and oxygen atoms in total. The summed E-state index contributed by atoms with van der Waals surface area (Å²) in [5, 5.41) is 15.7. The zero-order valence-corrected chi connectivity index (χ0v) is 12.2. The van der Waals surface area contributed by atoms with Crippen molar-refractivity contribution in [2.45, 2.75) is 19.3 Å². The average Bonchev–Trinajstić information content (AvgIpc) is 3.14. The Morgan fingerprint density at radius 3 is 2.91 bits per heavy atom. The molecule has 1 N–H and O–H groups in total. The van der Waals surface area contributed by atoms with E-state index in [1.165, 1.54) is 0 Å². The zero-order chi connectivity index (χ0) is 15.1. The molecule has 0 fully saturated rings. The number of Topliss-reactive ketones (excluding diaryl/α,β-unsaturated/α-hetero) is 1. The molecule has 0 spiro atoms. The van der Waals surface area contributed by atoms with Gasteiger partial charge in [0.1, 0.15) is 0 Å². The Morgan fingerprint density at radius 2 is 2.05 bits per heavy atom. The van der Waals surface area contributed by atoms with Crippen molar-refractivity contribution in [1.29, 1.82) is 0 Å². The van der Waals surface area contributed by atoms with Crippen LogP contribution in [0, 0.1) is 0 Å². The lowest BCUT2D eigenvalue weighted by atomic mass is 9.94. The maximum Gasteiger partial charge on any atom is 0.269 e. The van der Waals surface area contributed by atoms with Crippen LogP contribution in [-0.4, -0.2) is 26.2 Å². The van der Waals surface area contributed by atoms with Crippen LogP contribution in [0.4, 0.5) is 0 Å². The second kappa shape index (κ2) is 5.06. The minimum absolute atomic E-state index is 0.0625. The third-order valence-electron chi connectivity index (χ3n) is 3.65. The van der Waals surface area contributed by atoms with E-state index >= 15 is 0 Å². The van der Waals surface area contributed by atoms with E-state index in [0.717, 1.165) is 24.1 Å². The highest BCUT2D eigenvalue weighted by Gasteiger charge is 2.27. The molecule has 0 bridgehead atoms. The Labute approximate surface area is 130 Å². The second-order valence-electron chi connectivity index (χ2n) is 5.13. The number of hydrogen-bond acceptors (Lipinski definition) is 5. The van der Waals surface area contributed by atoms with Gasteiger partial charge in [-0.05, 0) is 31.0 Å². The lowest BCUT2D eigenvalue weighted by molar-refractivity contribution is 0.0973. The van der Waals surface area contributed by atoms with E-state index in [-0.39, 0.29) is 11.7 Å². The van der Waals surface area contributed by atoms with Gasteiger partial charge in [-0.2, -0.15) is 5.10 Å². The van der Waals surface area contributed by atoms with E-state index in [1.807, 2.05) is 12.1 Å². The molecular weight excluding hydrogens is 304 g/mol. The van der Waals surface area contributed by atoms with Gasteiger partial charge < -0.3 is 4.42 Å². The third kappa shape index (κ3) is 2.12. The number of hydrogen-bond donors (Lipinski definition) is 1. The van der Waals surface area contributed by atoms with E-state index in [9.17, 15) is 4.79 Å². The number of fused-ring (bicyclic) bond motifs is 1. The highest BCUT2D eigenvalue weighted by molar-refractivity contribution is 6.30. The Bertz CT molecular complexity index is 868. The normalized spacial score (nSPS) is 14.1. The van der Waals surface area contributed by atoms with Crippen molar-refractivity contribution in [2.24, 2.45) is 0 Å². The monoisotopic (exact) mass is 314 g/mol. The largest absolute Gasteiger partial charge is 0.415 e. The van der Waals surface area contributed by atoms with Gasteiger partial charge in [0, 0.05) is 22.7 Å². The van der Waals surface area contributed by atoms with Crippen LogP contribution < -0.4 is 0 Å². The van der Waals surface area contributed by atoms with Gasteiger partial charge in [-0.1, -0.05) is 17.7 Å². The topological polar surface area (TPSA) is 84.7 Å². The van der Waals surface area contributed by atoms with Crippen molar-refractivity contribution in [3.63, 3.8) is 0 Å². The molecule has 3 aromatic rings. The summed E-state index contributed by atoms with van der Waals surface area (Å²) in [6, 6.07) is 7.14. The van der Waals surface area contributed by atoms with Crippen LogP contribution >= 0.6 is 11.6 Å². The Balaban J connectivity index is 1.77. The number of benzene rings is 1. The molecule has 1 aliphatic carbocycles. The number of ketones is 1. The summed E-state index contributed by atoms with van der Waals surface area (Å²) in [6.45, 7) is 0. The fraction of sp³-hybridized carbons (Fsp3) is 0.200.